The Morgan fingerprint density at radius 2 is 1.87 bits per heavy atom. The molecule has 0 aromatic heterocycles. The van der Waals surface area contributed by atoms with Gasteiger partial charge in [-0.3, -0.25) is 0 Å². The van der Waals surface area contributed by atoms with Gasteiger partial charge in [-0.1, -0.05) is 36.4 Å². The number of aliphatic hydroxyl groups is 1. The van der Waals surface area contributed by atoms with Crippen LogP contribution in [0.5, 0.6) is 0 Å². The lowest BCUT2D eigenvalue weighted by molar-refractivity contribution is 0.0673. The summed E-state index contributed by atoms with van der Waals surface area (Å²) in [5.74, 6) is 0.233. The van der Waals surface area contributed by atoms with E-state index in [1.807, 2.05) is 38.1 Å². The van der Waals surface area contributed by atoms with E-state index >= 15 is 0 Å². The van der Waals surface area contributed by atoms with E-state index in [0.717, 1.165) is 0 Å². The summed E-state index contributed by atoms with van der Waals surface area (Å²) in [5, 5.41) is 9.73. The van der Waals surface area contributed by atoms with E-state index in [-0.39, 0.29) is 12.1 Å². The van der Waals surface area contributed by atoms with Crippen LogP contribution >= 0.6 is 0 Å². The van der Waals surface area contributed by atoms with Crippen molar-refractivity contribution in [3.05, 3.63) is 48.6 Å². The summed E-state index contributed by atoms with van der Waals surface area (Å²) in [5.41, 5.74) is 0.568. The quantitative estimate of drug-likeness (QED) is 0.744. The van der Waals surface area contributed by atoms with Crippen molar-refractivity contribution in [2.75, 3.05) is 0 Å². The number of hydrogen-bond donors (Lipinski definition) is 2. The van der Waals surface area contributed by atoms with Gasteiger partial charge in [0.05, 0.1) is 5.60 Å². The molecule has 0 aliphatic heterocycles. The monoisotopic (exact) mass is 207 g/mol. The highest BCUT2D eigenvalue weighted by Gasteiger charge is 2.19. The highest BCUT2D eigenvalue weighted by Crippen LogP contribution is 2.26. The third-order valence-corrected chi connectivity index (χ3v) is 2.23. The molecule has 0 saturated heterocycles. The second-order valence-electron chi connectivity index (χ2n) is 4.27. The molecule has 2 nitrogen and oxygen atoms in total. The van der Waals surface area contributed by atoms with Crippen LogP contribution in [0.3, 0.4) is 0 Å². The minimum Gasteiger partial charge on any atom is -0.390 e. The molecule has 1 atom stereocenters. The molecule has 1 rings (SSSR count). The van der Waals surface area contributed by atoms with Gasteiger partial charge in [-0.05, 0) is 25.8 Å². The lowest BCUT2D eigenvalue weighted by Crippen LogP contribution is -2.21. The van der Waals surface area contributed by atoms with Crippen molar-refractivity contribution in [3.8, 4) is 0 Å². The molecule has 0 aliphatic carbocycles. The van der Waals surface area contributed by atoms with Crippen molar-refractivity contribution in [2.24, 2.45) is 0 Å². The Morgan fingerprint density at radius 1 is 1.33 bits per heavy atom. The third kappa shape index (κ3) is 4.77. The van der Waals surface area contributed by atoms with Crippen LogP contribution in [0, 0.1) is 0 Å². The van der Waals surface area contributed by atoms with Gasteiger partial charge in [0.15, 0.2) is 0 Å². The Bertz CT molecular complexity index is 287. The molecule has 0 spiro atoms. The van der Waals surface area contributed by atoms with Crippen LogP contribution < -0.4 is 6.15 Å². The summed E-state index contributed by atoms with van der Waals surface area (Å²) in [6.45, 7) is 7.46. The Balaban J connectivity index is 0.00000196. The Labute approximate surface area is 92.2 Å². The zero-order chi connectivity index (χ0) is 10.6. The second kappa shape index (κ2) is 5.69. The van der Waals surface area contributed by atoms with Gasteiger partial charge in [0.2, 0.25) is 0 Å². The molecule has 1 aromatic rings. The lowest BCUT2D eigenvalue weighted by atomic mass is 9.88. The average molecular weight is 207 g/mol. The van der Waals surface area contributed by atoms with E-state index in [1.165, 1.54) is 5.56 Å². The van der Waals surface area contributed by atoms with Crippen LogP contribution in [0.15, 0.2) is 43.0 Å². The lowest BCUT2D eigenvalue weighted by Gasteiger charge is -2.22. The van der Waals surface area contributed by atoms with Gasteiger partial charge >= 0.3 is 0 Å². The van der Waals surface area contributed by atoms with Crippen LogP contribution in [-0.4, -0.2) is 10.7 Å². The van der Waals surface area contributed by atoms with Crippen molar-refractivity contribution in [1.82, 2.24) is 6.15 Å². The molecule has 1 aromatic carbocycles. The van der Waals surface area contributed by atoms with Crippen LogP contribution in [0.1, 0.15) is 31.7 Å². The number of benzene rings is 1. The van der Waals surface area contributed by atoms with Gasteiger partial charge in [0.1, 0.15) is 0 Å². The molecule has 0 heterocycles. The fourth-order valence-electron chi connectivity index (χ4n) is 1.58. The number of rotatable bonds is 4. The smallest absolute Gasteiger partial charge is 0.0600 e. The van der Waals surface area contributed by atoms with Gasteiger partial charge in [-0.25, -0.2) is 0 Å². The first-order valence-electron chi connectivity index (χ1n) is 4.93. The first-order chi connectivity index (χ1) is 6.53. The molecule has 84 valence electrons. The molecule has 0 aliphatic rings. The molecule has 0 amide bonds. The van der Waals surface area contributed by atoms with Crippen molar-refractivity contribution in [2.45, 2.75) is 31.8 Å². The molecular weight excluding hydrogens is 186 g/mol. The normalized spacial score (nSPS) is 12.7. The fourth-order valence-corrected chi connectivity index (χ4v) is 1.58. The minimum atomic E-state index is -0.644. The molecule has 0 fully saturated rings. The SMILES string of the molecule is C=CC(CC(C)(C)O)c1ccccc1.N. The van der Waals surface area contributed by atoms with Gasteiger partial charge < -0.3 is 11.3 Å². The standard InChI is InChI=1S/C13H18O.H3N/c1-4-11(10-13(2,3)14)12-8-6-5-7-9-12;/h4-9,11,14H,1,10H2,2-3H3;1H3. The maximum absolute atomic E-state index is 9.73. The van der Waals surface area contributed by atoms with E-state index in [4.69, 9.17) is 0 Å². The molecule has 4 N–H and O–H groups in total. The van der Waals surface area contributed by atoms with E-state index in [2.05, 4.69) is 18.7 Å². The maximum atomic E-state index is 9.73. The summed E-state index contributed by atoms with van der Waals surface area (Å²) in [4.78, 5) is 0. The molecule has 0 radical (unpaired) electrons. The summed E-state index contributed by atoms with van der Waals surface area (Å²) >= 11 is 0. The van der Waals surface area contributed by atoms with Gasteiger partial charge in [-0.15, -0.1) is 6.58 Å². The first kappa shape index (κ1) is 13.9. The van der Waals surface area contributed by atoms with Crippen molar-refractivity contribution in [3.63, 3.8) is 0 Å². The minimum absolute atomic E-state index is 0. The predicted octanol–water partition coefficient (Wildman–Crippen LogP) is 3.28. The zero-order valence-electron chi connectivity index (χ0n) is 9.61. The molecule has 0 saturated carbocycles. The van der Waals surface area contributed by atoms with Crippen LogP contribution in [0.2, 0.25) is 0 Å². The van der Waals surface area contributed by atoms with Crippen LogP contribution in [0.25, 0.3) is 0 Å². The van der Waals surface area contributed by atoms with Crippen LogP contribution in [0.4, 0.5) is 0 Å². The third-order valence-electron chi connectivity index (χ3n) is 2.23. The molecule has 15 heavy (non-hydrogen) atoms. The van der Waals surface area contributed by atoms with E-state index < -0.39 is 5.60 Å². The fraction of sp³-hybridized carbons (Fsp3) is 0.385. The average Bonchev–Trinajstić information content (AvgIpc) is 2.14. The van der Waals surface area contributed by atoms with E-state index in [0.29, 0.717) is 6.42 Å². The topological polar surface area (TPSA) is 55.2 Å². The Morgan fingerprint density at radius 3 is 2.27 bits per heavy atom. The molecule has 2 heteroatoms. The summed E-state index contributed by atoms with van der Waals surface area (Å²) in [6, 6.07) is 10.1. The zero-order valence-corrected chi connectivity index (χ0v) is 9.61. The van der Waals surface area contributed by atoms with E-state index in [9.17, 15) is 5.11 Å². The van der Waals surface area contributed by atoms with E-state index in [1.54, 1.807) is 0 Å². The largest absolute Gasteiger partial charge is 0.390 e. The number of hydrogen-bond acceptors (Lipinski definition) is 2. The molecule has 1 unspecified atom stereocenters. The Kier molecular flexibility index (Phi) is 5.26. The maximum Gasteiger partial charge on any atom is 0.0600 e. The van der Waals surface area contributed by atoms with Crippen molar-refractivity contribution >= 4 is 0 Å². The summed E-state index contributed by atoms with van der Waals surface area (Å²) in [6.07, 6.45) is 2.60. The second-order valence-corrected chi connectivity index (χ2v) is 4.27. The number of allylic oxidation sites excluding steroid dienone is 1. The summed E-state index contributed by atoms with van der Waals surface area (Å²) in [7, 11) is 0. The van der Waals surface area contributed by atoms with Crippen molar-refractivity contribution in [1.29, 1.82) is 0 Å². The van der Waals surface area contributed by atoms with Gasteiger partial charge in [0, 0.05) is 5.92 Å². The summed E-state index contributed by atoms with van der Waals surface area (Å²) < 4.78 is 0. The van der Waals surface area contributed by atoms with Gasteiger partial charge in [0.25, 0.3) is 0 Å². The van der Waals surface area contributed by atoms with Gasteiger partial charge in [-0.2, -0.15) is 0 Å². The van der Waals surface area contributed by atoms with Crippen molar-refractivity contribution < 1.29 is 5.11 Å². The highest BCUT2D eigenvalue weighted by atomic mass is 16.3. The first-order valence-corrected chi connectivity index (χ1v) is 4.93. The predicted molar refractivity (Wildman–Crippen MR) is 65.3 cm³/mol. The molecular formula is C13H21NO. The Hall–Kier alpha value is -1.12. The highest BCUT2D eigenvalue weighted by molar-refractivity contribution is 5.23. The van der Waals surface area contributed by atoms with Crippen LogP contribution in [-0.2, 0) is 0 Å². The molecule has 0 bridgehead atoms.